The normalized spacial score (nSPS) is 9.70. The van der Waals surface area contributed by atoms with Crippen LogP contribution in [0.3, 0.4) is 0 Å². The van der Waals surface area contributed by atoms with Gasteiger partial charge in [0.25, 0.3) is 0 Å². The van der Waals surface area contributed by atoms with Gasteiger partial charge in [-0.25, -0.2) is 0 Å². The molecule has 0 saturated heterocycles. The smallest absolute Gasteiger partial charge is 0.161 e. The SMILES string of the molecule is Oc1cccc(CS)c1O. The molecule has 0 amide bonds. The van der Waals surface area contributed by atoms with Crippen LogP contribution in [0.2, 0.25) is 0 Å². The molecule has 3 heteroatoms. The first-order valence-electron chi connectivity index (χ1n) is 2.86. The topological polar surface area (TPSA) is 40.5 Å². The largest absolute Gasteiger partial charge is 0.504 e. The van der Waals surface area contributed by atoms with E-state index in [2.05, 4.69) is 12.6 Å². The first-order valence-corrected chi connectivity index (χ1v) is 3.49. The van der Waals surface area contributed by atoms with E-state index in [1.54, 1.807) is 12.1 Å². The van der Waals surface area contributed by atoms with Crippen molar-refractivity contribution < 1.29 is 10.2 Å². The Kier molecular flexibility index (Phi) is 2.06. The Morgan fingerprint density at radius 2 is 2.00 bits per heavy atom. The Bertz CT molecular complexity index is 235. The van der Waals surface area contributed by atoms with Gasteiger partial charge < -0.3 is 10.2 Å². The van der Waals surface area contributed by atoms with E-state index in [-0.39, 0.29) is 11.5 Å². The fourth-order valence-corrected chi connectivity index (χ4v) is 0.961. The highest BCUT2D eigenvalue weighted by molar-refractivity contribution is 7.79. The second-order valence-corrected chi connectivity index (χ2v) is 2.26. The molecule has 0 aromatic heterocycles. The molecule has 10 heavy (non-hydrogen) atoms. The average Bonchev–Trinajstić information content (AvgIpc) is 1.95. The molecule has 2 nitrogen and oxygen atoms in total. The highest BCUT2D eigenvalue weighted by Gasteiger charge is 2.01. The molecule has 0 radical (unpaired) electrons. The first kappa shape index (κ1) is 7.28. The van der Waals surface area contributed by atoms with E-state index in [1.807, 2.05) is 0 Å². The maximum atomic E-state index is 9.10. The van der Waals surface area contributed by atoms with E-state index < -0.39 is 0 Å². The molecule has 2 N–H and O–H groups in total. The van der Waals surface area contributed by atoms with Gasteiger partial charge in [-0.3, -0.25) is 0 Å². The zero-order valence-electron chi connectivity index (χ0n) is 5.28. The fraction of sp³-hybridized carbons (Fsp3) is 0.143. The van der Waals surface area contributed by atoms with Gasteiger partial charge in [-0.1, -0.05) is 12.1 Å². The lowest BCUT2D eigenvalue weighted by Crippen LogP contribution is -1.78. The average molecular weight is 156 g/mol. The van der Waals surface area contributed by atoms with Crippen LogP contribution in [-0.2, 0) is 5.75 Å². The molecule has 1 rings (SSSR count). The number of phenolic OH excluding ortho intramolecular Hbond substituents is 2. The van der Waals surface area contributed by atoms with Crippen LogP contribution in [-0.4, -0.2) is 10.2 Å². The van der Waals surface area contributed by atoms with Crippen LogP contribution >= 0.6 is 12.6 Å². The molecule has 0 heterocycles. The molecule has 1 aromatic rings. The van der Waals surface area contributed by atoms with Gasteiger partial charge in [-0.15, -0.1) is 0 Å². The fourth-order valence-electron chi connectivity index (χ4n) is 0.705. The van der Waals surface area contributed by atoms with Crippen LogP contribution in [0, 0.1) is 0 Å². The molecule has 54 valence electrons. The minimum atomic E-state index is -0.0912. The van der Waals surface area contributed by atoms with Crippen molar-refractivity contribution in [3.63, 3.8) is 0 Å². The summed E-state index contributed by atoms with van der Waals surface area (Å²) in [6, 6.07) is 4.81. The summed E-state index contributed by atoms with van der Waals surface area (Å²) in [6.07, 6.45) is 0. The summed E-state index contributed by atoms with van der Waals surface area (Å²) < 4.78 is 0. The van der Waals surface area contributed by atoms with Crippen LogP contribution < -0.4 is 0 Å². The van der Waals surface area contributed by atoms with E-state index in [1.165, 1.54) is 6.07 Å². The number of benzene rings is 1. The molecule has 0 aliphatic heterocycles. The minimum absolute atomic E-state index is 0.0718. The Morgan fingerprint density at radius 3 is 2.50 bits per heavy atom. The van der Waals surface area contributed by atoms with Gasteiger partial charge in [-0.05, 0) is 6.07 Å². The number of rotatable bonds is 1. The highest BCUT2D eigenvalue weighted by Crippen LogP contribution is 2.28. The van der Waals surface area contributed by atoms with Crippen LogP contribution in [0.15, 0.2) is 18.2 Å². The maximum Gasteiger partial charge on any atom is 0.161 e. The van der Waals surface area contributed by atoms with Crippen molar-refractivity contribution in [3.8, 4) is 11.5 Å². The Labute approximate surface area is 64.5 Å². The summed E-state index contributed by atoms with van der Waals surface area (Å²) in [6.45, 7) is 0. The van der Waals surface area contributed by atoms with Crippen molar-refractivity contribution in [1.82, 2.24) is 0 Å². The number of hydrogen-bond acceptors (Lipinski definition) is 3. The quantitative estimate of drug-likeness (QED) is 0.426. The van der Waals surface area contributed by atoms with Gasteiger partial charge in [0.1, 0.15) is 0 Å². The van der Waals surface area contributed by atoms with Gasteiger partial charge in [-0.2, -0.15) is 12.6 Å². The molecule has 0 fully saturated rings. The van der Waals surface area contributed by atoms with Crippen LogP contribution in [0.25, 0.3) is 0 Å². The number of hydrogen-bond donors (Lipinski definition) is 3. The van der Waals surface area contributed by atoms with E-state index in [0.29, 0.717) is 11.3 Å². The van der Waals surface area contributed by atoms with Crippen LogP contribution in [0.4, 0.5) is 0 Å². The number of aromatic hydroxyl groups is 2. The van der Waals surface area contributed by atoms with E-state index >= 15 is 0 Å². The van der Waals surface area contributed by atoms with E-state index in [4.69, 9.17) is 10.2 Å². The second-order valence-electron chi connectivity index (χ2n) is 1.94. The predicted molar refractivity (Wildman–Crippen MR) is 42.5 cm³/mol. The van der Waals surface area contributed by atoms with Crippen LogP contribution in [0.1, 0.15) is 5.56 Å². The molecular weight excluding hydrogens is 148 g/mol. The van der Waals surface area contributed by atoms with Crippen molar-refractivity contribution >= 4 is 12.6 Å². The third-order valence-electron chi connectivity index (χ3n) is 1.27. The summed E-state index contributed by atoms with van der Waals surface area (Å²) >= 11 is 3.96. The molecule has 0 bridgehead atoms. The molecule has 0 saturated carbocycles. The molecule has 0 aliphatic rings. The summed E-state index contributed by atoms with van der Waals surface area (Å²) in [5.41, 5.74) is 0.642. The lowest BCUT2D eigenvalue weighted by atomic mass is 10.2. The van der Waals surface area contributed by atoms with Gasteiger partial charge in [0.15, 0.2) is 11.5 Å². The molecule has 0 aliphatic carbocycles. The van der Waals surface area contributed by atoms with Gasteiger partial charge in [0.05, 0.1) is 0 Å². The van der Waals surface area contributed by atoms with Crippen molar-refractivity contribution in [2.24, 2.45) is 0 Å². The summed E-state index contributed by atoms with van der Waals surface area (Å²) in [5.74, 6) is 0.268. The summed E-state index contributed by atoms with van der Waals surface area (Å²) in [5, 5.41) is 18.0. The molecule has 0 unspecified atom stereocenters. The molecule has 0 atom stereocenters. The monoisotopic (exact) mass is 156 g/mol. The Morgan fingerprint density at radius 1 is 1.30 bits per heavy atom. The lowest BCUT2D eigenvalue weighted by Gasteiger charge is -2.00. The Balaban J connectivity index is 3.14. The van der Waals surface area contributed by atoms with Gasteiger partial charge in [0.2, 0.25) is 0 Å². The molecular formula is C7H8O2S. The predicted octanol–water partition coefficient (Wildman–Crippen LogP) is 1.53. The Hall–Kier alpha value is -0.830. The summed E-state index contributed by atoms with van der Waals surface area (Å²) in [7, 11) is 0. The van der Waals surface area contributed by atoms with Gasteiger partial charge >= 0.3 is 0 Å². The number of thiol groups is 1. The van der Waals surface area contributed by atoms with Crippen molar-refractivity contribution in [2.45, 2.75) is 5.75 Å². The minimum Gasteiger partial charge on any atom is -0.504 e. The van der Waals surface area contributed by atoms with Crippen molar-refractivity contribution in [3.05, 3.63) is 23.8 Å². The van der Waals surface area contributed by atoms with Crippen molar-refractivity contribution in [2.75, 3.05) is 0 Å². The third kappa shape index (κ3) is 1.19. The zero-order chi connectivity index (χ0) is 7.56. The standard InChI is InChI=1S/C7H8O2S/c8-6-3-1-2-5(4-10)7(6)9/h1-3,8-10H,4H2. The van der Waals surface area contributed by atoms with E-state index in [0.717, 1.165) is 0 Å². The van der Waals surface area contributed by atoms with E-state index in [9.17, 15) is 0 Å². The third-order valence-corrected chi connectivity index (χ3v) is 1.61. The second kappa shape index (κ2) is 2.84. The lowest BCUT2D eigenvalue weighted by molar-refractivity contribution is 0.401. The summed E-state index contributed by atoms with van der Waals surface area (Å²) in [4.78, 5) is 0. The zero-order valence-corrected chi connectivity index (χ0v) is 6.18. The van der Waals surface area contributed by atoms with Crippen molar-refractivity contribution in [1.29, 1.82) is 0 Å². The molecule has 1 aromatic carbocycles. The van der Waals surface area contributed by atoms with Crippen LogP contribution in [0.5, 0.6) is 11.5 Å². The first-order chi connectivity index (χ1) is 4.75. The maximum absolute atomic E-state index is 9.10. The number of para-hydroxylation sites is 1. The number of phenols is 2. The van der Waals surface area contributed by atoms with Gasteiger partial charge in [0, 0.05) is 11.3 Å². The molecule has 0 spiro atoms. The highest BCUT2D eigenvalue weighted by atomic mass is 32.1.